The second-order valence-electron chi connectivity index (χ2n) is 3.38. The normalized spacial score (nSPS) is 12.1. The van der Waals surface area contributed by atoms with Crippen LogP contribution >= 0.6 is 7.60 Å². The van der Waals surface area contributed by atoms with Crippen LogP contribution in [-0.2, 0) is 18.4 Å². The molecule has 0 aliphatic heterocycles. The molecule has 0 aliphatic carbocycles. The third-order valence-electron chi connectivity index (χ3n) is 1.51. The molecular weight excluding hydrogens is 217 g/mol. The van der Waals surface area contributed by atoms with Crippen LogP contribution in [0.15, 0.2) is 0 Å². The van der Waals surface area contributed by atoms with Crippen molar-refractivity contribution in [1.29, 1.82) is 0 Å². The SMILES string of the molecule is CCOP(=O)(CC(=O)CN(C)C)OCC. The number of ketones is 1. The first-order valence-corrected chi connectivity index (χ1v) is 6.71. The number of Topliss-reactive ketones (excluding diaryl/α,β-unsaturated/α-hetero) is 1. The molecule has 0 atom stereocenters. The number of likely N-dealkylation sites (N-methyl/N-ethyl adjacent to an activating group) is 1. The second kappa shape index (κ2) is 7.12. The topological polar surface area (TPSA) is 55.8 Å². The Morgan fingerprint density at radius 1 is 1.20 bits per heavy atom. The molecule has 0 unspecified atom stereocenters. The summed E-state index contributed by atoms with van der Waals surface area (Å²) in [4.78, 5) is 13.2. The van der Waals surface area contributed by atoms with Gasteiger partial charge >= 0.3 is 7.60 Å². The van der Waals surface area contributed by atoms with Gasteiger partial charge in [-0.1, -0.05) is 0 Å². The predicted octanol–water partition coefficient (Wildman–Crippen LogP) is 1.38. The van der Waals surface area contributed by atoms with Crippen LogP contribution in [0.25, 0.3) is 0 Å². The lowest BCUT2D eigenvalue weighted by molar-refractivity contribution is -0.117. The average molecular weight is 237 g/mol. The summed E-state index contributed by atoms with van der Waals surface area (Å²) in [5, 5.41) is 0. The van der Waals surface area contributed by atoms with Crippen LogP contribution in [0.3, 0.4) is 0 Å². The van der Waals surface area contributed by atoms with Gasteiger partial charge in [0.2, 0.25) is 0 Å². The molecule has 0 aromatic rings. The lowest BCUT2D eigenvalue weighted by atomic mass is 10.4. The van der Waals surface area contributed by atoms with Gasteiger partial charge in [0.1, 0.15) is 6.16 Å². The number of carbonyl (C=O) groups excluding carboxylic acids is 1. The van der Waals surface area contributed by atoms with Crippen molar-refractivity contribution in [2.24, 2.45) is 0 Å². The number of hydrogen-bond acceptors (Lipinski definition) is 5. The minimum Gasteiger partial charge on any atom is -0.309 e. The Labute approximate surface area is 91.3 Å². The molecule has 90 valence electrons. The Kier molecular flexibility index (Phi) is 7.02. The first kappa shape index (κ1) is 14.8. The van der Waals surface area contributed by atoms with E-state index >= 15 is 0 Å². The molecule has 0 rings (SSSR count). The van der Waals surface area contributed by atoms with Gasteiger partial charge < -0.3 is 13.9 Å². The maximum Gasteiger partial charge on any atom is 0.338 e. The molecular formula is C9H20NO4P. The van der Waals surface area contributed by atoms with Crippen LogP contribution in [0, 0.1) is 0 Å². The van der Waals surface area contributed by atoms with E-state index in [9.17, 15) is 9.36 Å². The first-order chi connectivity index (χ1) is 6.93. The van der Waals surface area contributed by atoms with Gasteiger partial charge in [0.25, 0.3) is 0 Å². The van der Waals surface area contributed by atoms with Crippen LogP contribution < -0.4 is 0 Å². The van der Waals surface area contributed by atoms with E-state index in [1.165, 1.54) is 0 Å². The molecule has 0 aromatic carbocycles. The lowest BCUT2D eigenvalue weighted by Gasteiger charge is -2.17. The highest BCUT2D eigenvalue weighted by molar-refractivity contribution is 7.54. The van der Waals surface area contributed by atoms with Crippen LogP contribution in [0.2, 0.25) is 0 Å². The zero-order valence-electron chi connectivity index (χ0n) is 9.86. The molecule has 0 aliphatic rings. The molecule has 0 N–H and O–H groups in total. The smallest absolute Gasteiger partial charge is 0.309 e. The summed E-state index contributed by atoms with van der Waals surface area (Å²) in [6.07, 6.45) is -0.146. The number of nitrogens with zero attached hydrogens (tertiary/aromatic N) is 1. The summed E-state index contributed by atoms with van der Waals surface area (Å²) in [6, 6.07) is 0. The molecule has 0 saturated carbocycles. The fraction of sp³-hybridized carbons (Fsp3) is 0.889. The molecule has 15 heavy (non-hydrogen) atoms. The van der Waals surface area contributed by atoms with Crippen LogP contribution in [0.5, 0.6) is 0 Å². The Bertz CT molecular complexity index is 232. The minimum absolute atomic E-state index is 0.134. The second-order valence-corrected chi connectivity index (χ2v) is 5.44. The van der Waals surface area contributed by atoms with E-state index in [-0.39, 0.29) is 31.7 Å². The van der Waals surface area contributed by atoms with Gasteiger partial charge in [-0.15, -0.1) is 0 Å². The van der Waals surface area contributed by atoms with Crippen molar-refractivity contribution in [2.45, 2.75) is 13.8 Å². The first-order valence-electron chi connectivity index (χ1n) is 4.98. The van der Waals surface area contributed by atoms with Gasteiger partial charge in [0.05, 0.1) is 19.8 Å². The van der Waals surface area contributed by atoms with E-state index in [1.807, 2.05) is 0 Å². The fourth-order valence-electron chi connectivity index (χ4n) is 1.14. The maximum atomic E-state index is 11.9. The summed E-state index contributed by atoms with van der Waals surface area (Å²) in [6.45, 7) is 4.27. The molecule has 6 heteroatoms. The summed E-state index contributed by atoms with van der Waals surface area (Å²) in [5.74, 6) is -0.134. The van der Waals surface area contributed by atoms with Crippen molar-refractivity contribution < 1.29 is 18.4 Å². The van der Waals surface area contributed by atoms with E-state index in [1.54, 1.807) is 32.8 Å². The third kappa shape index (κ3) is 6.79. The highest BCUT2D eigenvalue weighted by atomic mass is 31.2. The van der Waals surface area contributed by atoms with Crippen molar-refractivity contribution in [3.8, 4) is 0 Å². The summed E-state index contributed by atoms with van der Waals surface area (Å²) < 4.78 is 22.0. The van der Waals surface area contributed by atoms with Gasteiger partial charge in [0, 0.05) is 0 Å². The monoisotopic (exact) mass is 237 g/mol. The van der Waals surface area contributed by atoms with E-state index in [0.29, 0.717) is 0 Å². The zero-order valence-corrected chi connectivity index (χ0v) is 10.8. The van der Waals surface area contributed by atoms with Crippen molar-refractivity contribution in [3.63, 3.8) is 0 Å². The summed E-state index contributed by atoms with van der Waals surface area (Å²) in [7, 11) is 0.356. The highest BCUT2D eigenvalue weighted by Crippen LogP contribution is 2.47. The zero-order chi connectivity index (χ0) is 11.9. The van der Waals surface area contributed by atoms with Crippen molar-refractivity contribution in [3.05, 3.63) is 0 Å². The Balaban J connectivity index is 4.27. The number of hydrogen-bond donors (Lipinski definition) is 0. The van der Waals surface area contributed by atoms with Gasteiger partial charge in [-0.3, -0.25) is 9.36 Å². The molecule has 0 aromatic heterocycles. The molecule has 0 saturated heterocycles. The van der Waals surface area contributed by atoms with Crippen molar-refractivity contribution >= 4 is 13.4 Å². The third-order valence-corrected chi connectivity index (χ3v) is 3.56. The maximum absolute atomic E-state index is 11.9. The van der Waals surface area contributed by atoms with Crippen molar-refractivity contribution in [2.75, 3.05) is 40.0 Å². The predicted molar refractivity (Wildman–Crippen MR) is 59.3 cm³/mol. The summed E-state index contributed by atoms with van der Waals surface area (Å²) >= 11 is 0. The van der Waals surface area contributed by atoms with E-state index < -0.39 is 7.60 Å². The van der Waals surface area contributed by atoms with E-state index in [4.69, 9.17) is 9.05 Å². The fourth-order valence-corrected chi connectivity index (χ4v) is 2.72. The lowest BCUT2D eigenvalue weighted by Crippen LogP contribution is -2.24. The summed E-state index contributed by atoms with van der Waals surface area (Å²) in [5.41, 5.74) is 0. The van der Waals surface area contributed by atoms with E-state index in [2.05, 4.69) is 0 Å². The van der Waals surface area contributed by atoms with Crippen LogP contribution in [-0.4, -0.2) is 50.7 Å². The molecule has 0 fully saturated rings. The van der Waals surface area contributed by atoms with Gasteiger partial charge in [0.15, 0.2) is 5.78 Å². The van der Waals surface area contributed by atoms with Crippen LogP contribution in [0.4, 0.5) is 0 Å². The molecule has 5 nitrogen and oxygen atoms in total. The van der Waals surface area contributed by atoms with E-state index in [0.717, 1.165) is 0 Å². The number of rotatable bonds is 8. The average Bonchev–Trinajstić information content (AvgIpc) is 2.01. The van der Waals surface area contributed by atoms with Crippen LogP contribution in [0.1, 0.15) is 13.8 Å². The van der Waals surface area contributed by atoms with Gasteiger partial charge in [-0.05, 0) is 27.9 Å². The molecule has 0 radical (unpaired) electrons. The minimum atomic E-state index is -3.21. The molecule has 0 heterocycles. The van der Waals surface area contributed by atoms with Crippen molar-refractivity contribution in [1.82, 2.24) is 4.90 Å². The Morgan fingerprint density at radius 3 is 2.00 bits per heavy atom. The molecule has 0 spiro atoms. The largest absolute Gasteiger partial charge is 0.338 e. The Morgan fingerprint density at radius 2 is 1.67 bits per heavy atom. The molecule has 0 amide bonds. The number of carbonyl (C=O) groups is 1. The quantitative estimate of drug-likeness (QED) is 0.597. The molecule has 0 bridgehead atoms. The standard InChI is InChI=1S/C9H20NO4P/c1-5-13-15(12,14-6-2)8-9(11)7-10(3)4/h5-8H2,1-4H3. The van der Waals surface area contributed by atoms with Gasteiger partial charge in [-0.2, -0.15) is 0 Å². The Hall–Kier alpha value is -0.220. The van der Waals surface area contributed by atoms with Gasteiger partial charge in [-0.25, -0.2) is 0 Å². The highest BCUT2D eigenvalue weighted by Gasteiger charge is 2.27.